The molecular formula is C20H15F2N3OS. The minimum Gasteiger partial charge on any atom is -0.431 e. The first kappa shape index (κ1) is 17.5. The van der Waals surface area contributed by atoms with Gasteiger partial charge in [0, 0.05) is 23.5 Å². The number of benzene rings is 2. The van der Waals surface area contributed by atoms with Gasteiger partial charge in [-0.1, -0.05) is 72.4 Å². The maximum absolute atomic E-state index is 13.0. The lowest BCUT2D eigenvalue weighted by Crippen LogP contribution is -2.01. The molecule has 27 heavy (non-hydrogen) atoms. The summed E-state index contributed by atoms with van der Waals surface area (Å²) in [6, 6.07) is 19.4. The summed E-state index contributed by atoms with van der Waals surface area (Å²) in [5.74, 6) is 1.16. The van der Waals surface area contributed by atoms with E-state index in [4.69, 9.17) is 4.42 Å². The topological polar surface area (TPSA) is 43.9 Å². The summed E-state index contributed by atoms with van der Waals surface area (Å²) >= 11 is 1.24. The highest BCUT2D eigenvalue weighted by Crippen LogP contribution is 2.36. The summed E-state index contributed by atoms with van der Waals surface area (Å²) in [5, 5.41) is 0.413. The molecule has 2 heterocycles. The van der Waals surface area contributed by atoms with E-state index in [1.165, 1.54) is 24.2 Å². The Bertz CT molecular complexity index is 959. The maximum Gasteiger partial charge on any atom is 0.319 e. The van der Waals surface area contributed by atoms with Crippen LogP contribution in [0.4, 0.5) is 8.78 Å². The number of alkyl halides is 2. The summed E-state index contributed by atoms with van der Waals surface area (Å²) < 4.78 is 32.8. The molecule has 0 amide bonds. The van der Waals surface area contributed by atoms with Crippen molar-refractivity contribution in [3.8, 4) is 22.6 Å². The predicted molar refractivity (Wildman–Crippen MR) is 100 cm³/mol. The Labute approximate surface area is 158 Å². The quantitative estimate of drug-likeness (QED) is 0.389. The van der Waals surface area contributed by atoms with Gasteiger partial charge in [-0.05, 0) is 0 Å². The third kappa shape index (κ3) is 3.78. The Morgan fingerprint density at radius 2 is 1.63 bits per heavy atom. The molecule has 0 saturated carbocycles. The molecule has 0 N–H and O–H groups in total. The van der Waals surface area contributed by atoms with Crippen LogP contribution in [0.1, 0.15) is 12.4 Å². The Balaban J connectivity index is 1.66. The highest BCUT2D eigenvalue weighted by molar-refractivity contribution is 7.98. The maximum atomic E-state index is 13.0. The van der Waals surface area contributed by atoms with Crippen LogP contribution in [0.3, 0.4) is 0 Å². The lowest BCUT2D eigenvalue weighted by atomic mass is 10.1. The summed E-state index contributed by atoms with van der Waals surface area (Å²) in [6.45, 7) is -2.62. The third-order valence-corrected chi connectivity index (χ3v) is 4.80. The highest BCUT2D eigenvalue weighted by Gasteiger charge is 2.18. The Morgan fingerprint density at radius 1 is 0.963 bits per heavy atom. The third-order valence-electron chi connectivity index (χ3n) is 3.97. The van der Waals surface area contributed by atoms with Crippen molar-refractivity contribution < 1.29 is 13.2 Å². The van der Waals surface area contributed by atoms with Gasteiger partial charge in [0.05, 0.1) is 5.75 Å². The van der Waals surface area contributed by atoms with Gasteiger partial charge in [0.2, 0.25) is 0 Å². The molecule has 0 fully saturated rings. The first-order chi connectivity index (χ1) is 13.2. The van der Waals surface area contributed by atoms with Gasteiger partial charge >= 0.3 is 6.55 Å². The molecule has 0 aliphatic heterocycles. The van der Waals surface area contributed by atoms with Crippen molar-refractivity contribution in [3.05, 3.63) is 78.9 Å². The number of thioether (sulfide) groups is 1. The van der Waals surface area contributed by atoms with Gasteiger partial charge in [0.15, 0.2) is 5.76 Å². The van der Waals surface area contributed by atoms with Crippen LogP contribution in [0, 0.1) is 0 Å². The average molecular weight is 383 g/mol. The SMILES string of the molecule is FC(F)n1ccnc1CSc1nc(-c2ccccc2)c(-c2ccccc2)o1. The molecule has 136 valence electrons. The molecule has 4 nitrogen and oxygen atoms in total. The van der Waals surface area contributed by atoms with Crippen LogP contribution in [0.5, 0.6) is 0 Å². The fourth-order valence-corrected chi connectivity index (χ4v) is 3.47. The van der Waals surface area contributed by atoms with Crippen LogP contribution in [-0.4, -0.2) is 14.5 Å². The summed E-state index contributed by atoms with van der Waals surface area (Å²) in [7, 11) is 0. The molecule has 0 unspecified atom stereocenters. The zero-order valence-electron chi connectivity index (χ0n) is 14.1. The molecule has 4 rings (SSSR count). The van der Waals surface area contributed by atoms with Gasteiger partial charge in [0.25, 0.3) is 5.22 Å². The number of oxazole rings is 1. The minimum atomic E-state index is -2.62. The molecule has 0 aliphatic carbocycles. The van der Waals surface area contributed by atoms with Crippen LogP contribution >= 0.6 is 11.8 Å². The normalized spacial score (nSPS) is 11.2. The van der Waals surface area contributed by atoms with Gasteiger partial charge in [0.1, 0.15) is 11.5 Å². The number of nitrogens with zero attached hydrogens (tertiary/aromatic N) is 3. The summed E-state index contributed by atoms with van der Waals surface area (Å²) in [5.41, 5.74) is 2.56. The van der Waals surface area contributed by atoms with Crippen LogP contribution < -0.4 is 0 Å². The molecule has 0 aliphatic rings. The van der Waals surface area contributed by atoms with Crippen LogP contribution in [-0.2, 0) is 5.75 Å². The Kier molecular flexibility index (Phi) is 5.02. The monoisotopic (exact) mass is 383 g/mol. The average Bonchev–Trinajstić information content (AvgIpc) is 3.35. The van der Waals surface area contributed by atoms with Crippen molar-refractivity contribution in [2.75, 3.05) is 0 Å². The first-order valence-electron chi connectivity index (χ1n) is 8.26. The van der Waals surface area contributed by atoms with Gasteiger partial charge < -0.3 is 4.42 Å². The molecular weight excluding hydrogens is 368 g/mol. The van der Waals surface area contributed by atoms with E-state index < -0.39 is 6.55 Å². The molecule has 4 aromatic rings. The van der Waals surface area contributed by atoms with Gasteiger partial charge in [-0.25, -0.2) is 9.97 Å². The van der Waals surface area contributed by atoms with Crippen LogP contribution in [0.15, 0.2) is 82.7 Å². The number of aromatic nitrogens is 3. The van der Waals surface area contributed by atoms with Crippen molar-refractivity contribution >= 4 is 11.8 Å². The van der Waals surface area contributed by atoms with E-state index in [1.807, 2.05) is 60.7 Å². The lowest BCUT2D eigenvalue weighted by molar-refractivity contribution is 0.0678. The zero-order valence-corrected chi connectivity index (χ0v) is 14.9. The molecule has 7 heteroatoms. The fraction of sp³-hybridized carbons (Fsp3) is 0.100. The molecule has 0 radical (unpaired) electrons. The molecule has 0 spiro atoms. The smallest absolute Gasteiger partial charge is 0.319 e. The van der Waals surface area contributed by atoms with Gasteiger partial charge in [-0.3, -0.25) is 4.57 Å². The number of hydrogen-bond acceptors (Lipinski definition) is 4. The number of hydrogen-bond donors (Lipinski definition) is 0. The van der Waals surface area contributed by atoms with E-state index in [0.717, 1.165) is 21.4 Å². The second-order valence-electron chi connectivity index (χ2n) is 5.71. The zero-order chi connectivity index (χ0) is 18.6. The standard InChI is InChI=1S/C20H15F2N3OS/c21-19(22)25-12-11-23-16(25)13-27-20-24-17(14-7-3-1-4-8-14)18(26-20)15-9-5-2-6-10-15/h1-12,19H,13H2. The second kappa shape index (κ2) is 7.75. The minimum absolute atomic E-state index is 0.236. The Morgan fingerprint density at radius 3 is 2.30 bits per heavy atom. The van der Waals surface area contributed by atoms with Crippen molar-refractivity contribution in [3.63, 3.8) is 0 Å². The molecule has 2 aromatic heterocycles. The van der Waals surface area contributed by atoms with Crippen LogP contribution in [0.2, 0.25) is 0 Å². The predicted octanol–water partition coefficient (Wildman–Crippen LogP) is 5.89. The second-order valence-corrected chi connectivity index (χ2v) is 6.63. The largest absolute Gasteiger partial charge is 0.431 e. The van der Waals surface area contributed by atoms with Gasteiger partial charge in [-0.2, -0.15) is 8.78 Å². The molecule has 2 aromatic carbocycles. The lowest BCUT2D eigenvalue weighted by Gasteiger charge is -2.04. The highest BCUT2D eigenvalue weighted by atomic mass is 32.2. The van der Waals surface area contributed by atoms with Crippen molar-refractivity contribution in [1.29, 1.82) is 0 Å². The van der Waals surface area contributed by atoms with Crippen molar-refractivity contribution in [1.82, 2.24) is 14.5 Å². The Hall–Kier alpha value is -2.93. The van der Waals surface area contributed by atoms with E-state index in [1.54, 1.807) is 0 Å². The summed E-state index contributed by atoms with van der Waals surface area (Å²) in [4.78, 5) is 8.59. The number of imidazole rings is 1. The van der Waals surface area contributed by atoms with Gasteiger partial charge in [-0.15, -0.1) is 0 Å². The summed E-state index contributed by atoms with van der Waals surface area (Å²) in [6.07, 6.45) is 2.63. The van der Waals surface area contributed by atoms with E-state index in [2.05, 4.69) is 9.97 Å². The van der Waals surface area contributed by atoms with Crippen molar-refractivity contribution in [2.24, 2.45) is 0 Å². The fourth-order valence-electron chi connectivity index (χ4n) is 2.70. The molecule has 0 atom stereocenters. The van der Waals surface area contributed by atoms with E-state index in [0.29, 0.717) is 11.0 Å². The number of rotatable bonds is 6. The molecule has 0 bridgehead atoms. The van der Waals surface area contributed by atoms with E-state index >= 15 is 0 Å². The van der Waals surface area contributed by atoms with E-state index in [-0.39, 0.29) is 11.6 Å². The van der Waals surface area contributed by atoms with Crippen LogP contribution in [0.25, 0.3) is 22.6 Å². The molecule has 0 saturated heterocycles. The number of halogens is 2. The first-order valence-corrected chi connectivity index (χ1v) is 9.25. The van der Waals surface area contributed by atoms with Crippen molar-refractivity contribution in [2.45, 2.75) is 17.5 Å². The van der Waals surface area contributed by atoms with E-state index in [9.17, 15) is 8.78 Å².